The third-order valence-electron chi connectivity index (χ3n) is 6.43. The van der Waals surface area contributed by atoms with E-state index >= 15 is 0 Å². The van der Waals surface area contributed by atoms with Gasteiger partial charge in [-0.15, -0.1) is 6.58 Å². The minimum atomic E-state index is -0.933. The molecule has 208 valence electrons. The lowest BCUT2D eigenvalue weighted by Gasteiger charge is -2.40. The molecule has 0 saturated carbocycles. The number of allylic oxidation sites excluding steroid dienone is 1. The first-order valence-corrected chi connectivity index (χ1v) is 13.3. The van der Waals surface area contributed by atoms with Crippen LogP contribution in [0, 0.1) is 0 Å². The number of ether oxygens (including phenoxy) is 4. The standard InChI is InChI=1S/C31H43NO6/c1-7-8-19-26(33)28(36-21-24-17-13-10-14-18-24)27(35-20-23-15-11-9-12-16-23)25-22-37-31(5,6)32(25)29(34)38-30(2,3)4/h7,9-18,25-28,33H,1,8,19-22H2,2-6H3/t25-,26+,27-,28-/m1/s1. The first kappa shape index (κ1) is 29.8. The van der Waals surface area contributed by atoms with Crippen LogP contribution in [-0.2, 0) is 32.2 Å². The van der Waals surface area contributed by atoms with Gasteiger partial charge in [-0.05, 0) is 58.6 Å². The summed E-state index contributed by atoms with van der Waals surface area (Å²) in [4.78, 5) is 15.1. The molecule has 38 heavy (non-hydrogen) atoms. The second kappa shape index (κ2) is 13.4. The van der Waals surface area contributed by atoms with Crippen molar-refractivity contribution in [2.45, 2.75) is 96.4 Å². The van der Waals surface area contributed by atoms with Crippen molar-refractivity contribution in [3.05, 3.63) is 84.4 Å². The molecule has 1 aliphatic rings. The number of nitrogens with zero attached hydrogens (tertiary/aromatic N) is 1. The van der Waals surface area contributed by atoms with Gasteiger partial charge in [-0.3, -0.25) is 4.90 Å². The van der Waals surface area contributed by atoms with Crippen molar-refractivity contribution >= 4 is 6.09 Å². The Bertz CT molecular complexity index is 1000. The average Bonchev–Trinajstić information content (AvgIpc) is 3.19. The number of hydrogen-bond acceptors (Lipinski definition) is 6. The fraction of sp³-hybridized carbons (Fsp3) is 0.516. The maximum absolute atomic E-state index is 13.5. The first-order chi connectivity index (χ1) is 18.0. The Morgan fingerprint density at radius 3 is 2.16 bits per heavy atom. The molecule has 4 atom stereocenters. The van der Waals surface area contributed by atoms with Crippen LogP contribution >= 0.6 is 0 Å². The van der Waals surface area contributed by atoms with Crippen molar-refractivity contribution < 1.29 is 28.8 Å². The Labute approximate surface area is 227 Å². The lowest BCUT2D eigenvalue weighted by molar-refractivity contribution is -0.154. The molecule has 0 aromatic heterocycles. The number of aliphatic hydroxyl groups is 1. The lowest BCUT2D eigenvalue weighted by Crippen LogP contribution is -2.58. The molecule has 0 aliphatic carbocycles. The summed E-state index contributed by atoms with van der Waals surface area (Å²) < 4.78 is 24.8. The Hall–Kier alpha value is -2.71. The zero-order valence-electron chi connectivity index (χ0n) is 23.3. The van der Waals surface area contributed by atoms with Crippen molar-refractivity contribution in [1.82, 2.24) is 4.90 Å². The van der Waals surface area contributed by atoms with Gasteiger partial charge in [0.05, 0.1) is 32.0 Å². The van der Waals surface area contributed by atoms with Gasteiger partial charge in [0.2, 0.25) is 0 Å². The summed E-state index contributed by atoms with van der Waals surface area (Å²) in [7, 11) is 0. The van der Waals surface area contributed by atoms with Gasteiger partial charge >= 0.3 is 6.09 Å². The van der Waals surface area contributed by atoms with Crippen molar-refractivity contribution in [2.75, 3.05) is 6.61 Å². The molecule has 1 aliphatic heterocycles. The number of hydrogen-bond donors (Lipinski definition) is 1. The largest absolute Gasteiger partial charge is 0.444 e. The fourth-order valence-corrected chi connectivity index (χ4v) is 4.58. The molecule has 1 fully saturated rings. The Kier molecular flexibility index (Phi) is 10.5. The highest BCUT2D eigenvalue weighted by Crippen LogP contribution is 2.34. The summed E-state index contributed by atoms with van der Waals surface area (Å²) in [6.45, 7) is 13.7. The summed E-state index contributed by atoms with van der Waals surface area (Å²) >= 11 is 0. The Morgan fingerprint density at radius 2 is 1.63 bits per heavy atom. The topological polar surface area (TPSA) is 77.5 Å². The van der Waals surface area contributed by atoms with Crippen molar-refractivity contribution in [3.63, 3.8) is 0 Å². The second-order valence-electron chi connectivity index (χ2n) is 11.1. The molecule has 3 rings (SSSR count). The molecule has 0 unspecified atom stereocenters. The van der Waals surface area contributed by atoms with E-state index in [-0.39, 0.29) is 19.8 Å². The molecular weight excluding hydrogens is 482 g/mol. The molecule has 0 spiro atoms. The number of benzene rings is 2. The molecule has 0 bridgehead atoms. The minimum absolute atomic E-state index is 0.213. The number of rotatable bonds is 12. The highest BCUT2D eigenvalue weighted by atomic mass is 16.6. The van der Waals surface area contributed by atoms with Gasteiger partial charge in [-0.1, -0.05) is 66.7 Å². The van der Waals surface area contributed by atoms with E-state index in [4.69, 9.17) is 18.9 Å². The quantitative estimate of drug-likeness (QED) is 0.350. The normalized spacial score (nSPS) is 19.5. The van der Waals surface area contributed by atoms with Crippen molar-refractivity contribution in [3.8, 4) is 0 Å². The first-order valence-electron chi connectivity index (χ1n) is 13.3. The molecule has 1 heterocycles. The average molecular weight is 526 g/mol. The molecular formula is C31H43NO6. The van der Waals surface area contributed by atoms with Gasteiger partial charge in [0.1, 0.15) is 23.5 Å². The van der Waals surface area contributed by atoms with Crippen LogP contribution in [-0.4, -0.2) is 58.4 Å². The molecule has 0 radical (unpaired) electrons. The third kappa shape index (κ3) is 8.40. The van der Waals surface area contributed by atoms with Crippen molar-refractivity contribution in [2.24, 2.45) is 0 Å². The molecule has 2 aromatic carbocycles. The fourth-order valence-electron chi connectivity index (χ4n) is 4.58. The number of carbonyl (C=O) groups is 1. The van der Waals surface area contributed by atoms with E-state index in [1.807, 2.05) is 95.3 Å². The van der Waals surface area contributed by atoms with Crippen LogP contribution in [0.3, 0.4) is 0 Å². The second-order valence-corrected chi connectivity index (χ2v) is 11.1. The van der Waals surface area contributed by atoms with E-state index in [1.54, 1.807) is 11.0 Å². The highest BCUT2D eigenvalue weighted by molar-refractivity contribution is 5.70. The summed E-state index contributed by atoms with van der Waals surface area (Å²) in [5.74, 6) is 0. The van der Waals surface area contributed by atoms with Crippen LogP contribution in [0.2, 0.25) is 0 Å². The monoisotopic (exact) mass is 525 g/mol. The zero-order valence-corrected chi connectivity index (χ0v) is 23.3. The molecule has 7 heteroatoms. The summed E-state index contributed by atoms with van der Waals surface area (Å²) in [5, 5.41) is 11.4. The summed E-state index contributed by atoms with van der Waals surface area (Å²) in [6, 6.07) is 19.0. The van der Waals surface area contributed by atoms with Gasteiger partial charge in [-0.25, -0.2) is 4.79 Å². The van der Waals surface area contributed by atoms with Crippen LogP contribution in [0.5, 0.6) is 0 Å². The molecule has 1 N–H and O–H groups in total. The van der Waals surface area contributed by atoms with Gasteiger partial charge in [0, 0.05) is 0 Å². The van der Waals surface area contributed by atoms with Crippen LogP contribution in [0.25, 0.3) is 0 Å². The summed E-state index contributed by atoms with van der Waals surface area (Å²) in [5.41, 5.74) is 0.328. The number of aliphatic hydroxyl groups excluding tert-OH is 1. The predicted molar refractivity (Wildman–Crippen MR) is 147 cm³/mol. The van der Waals surface area contributed by atoms with E-state index in [9.17, 15) is 9.90 Å². The van der Waals surface area contributed by atoms with E-state index in [0.29, 0.717) is 12.8 Å². The van der Waals surface area contributed by atoms with E-state index in [2.05, 4.69) is 6.58 Å². The zero-order chi connectivity index (χ0) is 27.8. The third-order valence-corrected chi connectivity index (χ3v) is 6.43. The van der Waals surface area contributed by atoms with Crippen LogP contribution in [0.15, 0.2) is 73.3 Å². The SMILES string of the molecule is C=CCC[C@H](O)[C@@H](OCc1ccccc1)[C@H](OCc1ccccc1)[C@H]1COC(C)(C)N1C(=O)OC(C)(C)C. The van der Waals surface area contributed by atoms with Crippen LogP contribution in [0.4, 0.5) is 4.79 Å². The van der Waals surface area contributed by atoms with E-state index < -0.39 is 41.8 Å². The van der Waals surface area contributed by atoms with Crippen LogP contribution < -0.4 is 0 Å². The predicted octanol–water partition coefficient (Wildman–Crippen LogP) is 5.86. The van der Waals surface area contributed by atoms with Gasteiger partial charge in [0.25, 0.3) is 0 Å². The summed E-state index contributed by atoms with van der Waals surface area (Å²) in [6.07, 6.45) is 0.0193. The molecule has 1 amide bonds. The van der Waals surface area contributed by atoms with Gasteiger partial charge in [-0.2, -0.15) is 0 Å². The Morgan fingerprint density at radius 1 is 1.08 bits per heavy atom. The van der Waals surface area contributed by atoms with Crippen molar-refractivity contribution in [1.29, 1.82) is 0 Å². The van der Waals surface area contributed by atoms with Crippen LogP contribution in [0.1, 0.15) is 58.6 Å². The molecule has 7 nitrogen and oxygen atoms in total. The molecule has 2 aromatic rings. The minimum Gasteiger partial charge on any atom is -0.444 e. The lowest BCUT2D eigenvalue weighted by atomic mass is 9.96. The maximum Gasteiger partial charge on any atom is 0.412 e. The van der Waals surface area contributed by atoms with E-state index in [0.717, 1.165) is 11.1 Å². The van der Waals surface area contributed by atoms with Gasteiger partial charge in [0.15, 0.2) is 0 Å². The number of carbonyl (C=O) groups excluding carboxylic acids is 1. The highest BCUT2D eigenvalue weighted by Gasteiger charge is 2.52. The number of amides is 1. The van der Waals surface area contributed by atoms with Gasteiger partial charge < -0.3 is 24.1 Å². The molecule has 1 saturated heterocycles. The maximum atomic E-state index is 13.5. The smallest absolute Gasteiger partial charge is 0.412 e. The van der Waals surface area contributed by atoms with E-state index in [1.165, 1.54) is 0 Å². The Balaban J connectivity index is 1.97.